The molecule has 2 unspecified atom stereocenters. The Morgan fingerprint density at radius 2 is 1.86 bits per heavy atom. The van der Waals surface area contributed by atoms with Crippen LogP contribution in [0.3, 0.4) is 0 Å². The highest BCUT2D eigenvalue weighted by molar-refractivity contribution is 7.58. The van der Waals surface area contributed by atoms with E-state index in [0.29, 0.717) is 5.56 Å². The molecule has 0 radical (unpaired) electrons. The Balaban J connectivity index is 2.11. The van der Waals surface area contributed by atoms with Gasteiger partial charge in [0.1, 0.15) is 12.6 Å². The summed E-state index contributed by atoms with van der Waals surface area (Å²) in [6.07, 6.45) is -2.07. The summed E-state index contributed by atoms with van der Waals surface area (Å²) < 4.78 is 27.3. The minimum atomic E-state index is -4.52. The second kappa shape index (κ2) is 12.2. The number of hydrogen-bond donors (Lipinski definition) is 4. The van der Waals surface area contributed by atoms with E-state index in [0.717, 1.165) is 26.4 Å². The van der Waals surface area contributed by atoms with E-state index < -0.39 is 60.3 Å². The number of rotatable bonds is 11. The monoisotopic (exact) mass is 512 g/mol. The number of carbonyl (C=O) groups is 2. The van der Waals surface area contributed by atoms with Crippen LogP contribution in [0.5, 0.6) is 11.5 Å². The van der Waals surface area contributed by atoms with E-state index in [4.69, 9.17) is 9.47 Å². The molecule has 13 nitrogen and oxygen atoms in total. The number of hydrogen-bond acceptors (Lipinski definition) is 10. The first-order valence-corrected chi connectivity index (χ1v) is 12.0. The summed E-state index contributed by atoms with van der Waals surface area (Å²) in [5.74, 6) is -4.23. The third kappa shape index (κ3) is 7.41. The van der Waals surface area contributed by atoms with E-state index in [2.05, 4.69) is 10.1 Å². The fourth-order valence-electron chi connectivity index (χ4n) is 3.03. The molecule has 3 atom stereocenters. The van der Waals surface area contributed by atoms with E-state index in [9.17, 15) is 39.4 Å². The summed E-state index contributed by atoms with van der Waals surface area (Å²) in [6.45, 7) is -0.0841. The lowest BCUT2D eigenvalue weighted by Crippen LogP contribution is -2.42. The molecule has 1 amide bonds. The number of aromatic hydroxyl groups is 1. The van der Waals surface area contributed by atoms with Gasteiger partial charge >= 0.3 is 17.7 Å². The first-order valence-electron chi connectivity index (χ1n) is 10.1. The molecule has 0 aromatic heterocycles. The Hall–Kier alpha value is -3.67. The molecule has 0 saturated heterocycles. The molecule has 0 fully saturated rings. The number of phenolic OH excluding ortho intramolecular Hbond substituents is 1. The first kappa shape index (κ1) is 27.6. The largest absolute Gasteiger partial charge is 0.500 e. The van der Waals surface area contributed by atoms with Gasteiger partial charge in [0.15, 0.2) is 11.6 Å². The van der Waals surface area contributed by atoms with E-state index in [1.54, 1.807) is 30.3 Å². The number of carbonyl (C=O) groups excluding carboxylic acids is 2. The van der Waals surface area contributed by atoms with Crippen molar-refractivity contribution in [2.24, 2.45) is 0 Å². The summed E-state index contributed by atoms with van der Waals surface area (Å²) in [4.78, 5) is 44.8. The molecule has 0 spiro atoms. The molecule has 0 aliphatic carbocycles. The topological polar surface area (TPSA) is 195 Å². The van der Waals surface area contributed by atoms with Crippen LogP contribution in [-0.2, 0) is 25.4 Å². The van der Waals surface area contributed by atoms with Crippen LogP contribution >= 0.6 is 7.37 Å². The number of aliphatic hydroxyl groups is 1. The Morgan fingerprint density at radius 1 is 1.20 bits per heavy atom. The van der Waals surface area contributed by atoms with Crippen LogP contribution in [0.1, 0.15) is 23.4 Å². The Morgan fingerprint density at radius 3 is 2.43 bits per heavy atom. The van der Waals surface area contributed by atoms with Gasteiger partial charge in [0.05, 0.1) is 19.1 Å². The van der Waals surface area contributed by atoms with E-state index >= 15 is 0 Å². The number of benzene rings is 2. The predicted octanol–water partition coefficient (Wildman–Crippen LogP) is 2.43. The first-order chi connectivity index (χ1) is 16.5. The highest BCUT2D eigenvalue weighted by Gasteiger charge is 2.35. The molecule has 14 heteroatoms. The number of esters is 1. The number of alkyl carbamates (subject to hydrolysis) is 1. The fourth-order valence-corrected chi connectivity index (χ4v) is 4.51. The lowest BCUT2D eigenvalue weighted by Gasteiger charge is -2.22. The van der Waals surface area contributed by atoms with Crippen LogP contribution < -0.4 is 10.1 Å². The Bertz CT molecular complexity index is 1110. The van der Waals surface area contributed by atoms with Crippen LogP contribution in [0.25, 0.3) is 0 Å². The van der Waals surface area contributed by atoms with Crippen molar-refractivity contribution in [3.05, 3.63) is 63.7 Å². The molecule has 2 aromatic rings. The molecule has 2 rings (SSSR count). The number of aliphatic hydroxyl groups excluding tert-OH is 1. The predicted molar refractivity (Wildman–Crippen MR) is 121 cm³/mol. The van der Waals surface area contributed by atoms with Crippen LogP contribution in [0.15, 0.2) is 42.5 Å². The number of nitrogens with zero attached hydrogens (tertiary/aromatic N) is 1. The molecule has 0 aliphatic heterocycles. The molecule has 4 N–H and O–H groups in total. The Kier molecular flexibility index (Phi) is 9.58. The average molecular weight is 512 g/mol. The maximum Gasteiger partial charge on any atom is 0.408 e. The zero-order valence-corrected chi connectivity index (χ0v) is 19.7. The van der Waals surface area contributed by atoms with Gasteiger partial charge in [-0.05, 0) is 18.1 Å². The van der Waals surface area contributed by atoms with Crippen molar-refractivity contribution in [1.29, 1.82) is 0 Å². The van der Waals surface area contributed by atoms with Crippen molar-refractivity contribution < 1.29 is 48.4 Å². The fraction of sp³-hybridized carbons (Fsp3) is 0.333. The number of phenols is 1. The summed E-state index contributed by atoms with van der Waals surface area (Å²) in [6, 6.07) is 9.06. The van der Waals surface area contributed by atoms with Gasteiger partial charge in [-0.3, -0.25) is 14.7 Å². The van der Waals surface area contributed by atoms with E-state index in [1.165, 1.54) is 0 Å². The highest BCUT2D eigenvalue weighted by Crippen LogP contribution is 2.56. The Labute approximate surface area is 199 Å². The molecule has 0 heterocycles. The van der Waals surface area contributed by atoms with Gasteiger partial charge < -0.3 is 34.6 Å². The van der Waals surface area contributed by atoms with Gasteiger partial charge in [-0.1, -0.05) is 30.3 Å². The molecular weight excluding hydrogens is 487 g/mol. The van der Waals surface area contributed by atoms with Crippen LogP contribution in [0.2, 0.25) is 0 Å². The van der Waals surface area contributed by atoms with Gasteiger partial charge in [0, 0.05) is 17.8 Å². The van der Waals surface area contributed by atoms with Crippen molar-refractivity contribution >= 4 is 25.1 Å². The van der Waals surface area contributed by atoms with Gasteiger partial charge in [0.2, 0.25) is 13.1 Å². The summed E-state index contributed by atoms with van der Waals surface area (Å²) in [5, 5.41) is 33.7. The zero-order chi connectivity index (χ0) is 26.2. The van der Waals surface area contributed by atoms with Crippen molar-refractivity contribution in [2.75, 3.05) is 20.4 Å². The number of ether oxygens (including phenoxy) is 3. The smallest absolute Gasteiger partial charge is 0.408 e. The van der Waals surface area contributed by atoms with Crippen molar-refractivity contribution in [3.8, 4) is 11.5 Å². The number of amides is 1. The molecule has 35 heavy (non-hydrogen) atoms. The van der Waals surface area contributed by atoms with E-state index in [-0.39, 0.29) is 17.9 Å². The molecule has 190 valence electrons. The normalized spacial score (nSPS) is 14.2. The van der Waals surface area contributed by atoms with Gasteiger partial charge in [-0.15, -0.1) is 0 Å². The number of nitro benzene ring substituents is 1. The quantitative estimate of drug-likeness (QED) is 0.149. The summed E-state index contributed by atoms with van der Waals surface area (Å²) >= 11 is 0. The van der Waals surface area contributed by atoms with Crippen LogP contribution in [0, 0.1) is 10.1 Å². The standard InChI is InChI=1S/C21H25N2O11P/c1-32-17-11-14(10-16(18(17)24)23(28)29)20(26)35(30,31)9-8-15(19(25)33-2)22-21(27)34-12-13-6-4-3-5-7-13/h3-7,10-11,15,20,24,26H,8-9,12H2,1-2H3,(H,22,27)(H,30,31)/t15-,20?/m0/s1. The second-order valence-electron chi connectivity index (χ2n) is 7.27. The molecular formula is C21H25N2O11P. The maximum absolute atomic E-state index is 12.8. The maximum atomic E-state index is 12.8. The number of nitrogens with one attached hydrogen (secondary N) is 1. The summed E-state index contributed by atoms with van der Waals surface area (Å²) in [5.41, 5.74) is -0.505. The van der Waals surface area contributed by atoms with Gasteiger partial charge in [-0.2, -0.15) is 0 Å². The third-order valence-electron chi connectivity index (χ3n) is 4.90. The number of nitro groups is 1. The summed E-state index contributed by atoms with van der Waals surface area (Å²) in [7, 11) is -2.35. The van der Waals surface area contributed by atoms with Crippen LogP contribution in [0.4, 0.5) is 10.5 Å². The minimum absolute atomic E-state index is 0.0841. The molecule has 2 aromatic carbocycles. The average Bonchev–Trinajstić information content (AvgIpc) is 2.84. The van der Waals surface area contributed by atoms with Crippen molar-refractivity contribution in [2.45, 2.75) is 24.9 Å². The molecule has 0 saturated carbocycles. The van der Waals surface area contributed by atoms with Crippen LogP contribution in [-0.4, -0.2) is 58.5 Å². The van der Waals surface area contributed by atoms with E-state index in [1.807, 2.05) is 0 Å². The minimum Gasteiger partial charge on any atom is -0.500 e. The van der Waals surface area contributed by atoms with Gasteiger partial charge in [-0.25, -0.2) is 9.59 Å². The van der Waals surface area contributed by atoms with Gasteiger partial charge in [0.25, 0.3) is 0 Å². The number of methoxy groups -OCH3 is 2. The highest BCUT2D eigenvalue weighted by atomic mass is 31.2. The molecule has 0 aliphatic rings. The zero-order valence-electron chi connectivity index (χ0n) is 18.8. The second-order valence-corrected chi connectivity index (χ2v) is 9.72. The lowest BCUT2D eigenvalue weighted by molar-refractivity contribution is -0.386. The SMILES string of the molecule is COC(=O)[C@H](CCP(=O)(O)C(O)c1cc(OC)c(O)c([N+](=O)[O-])c1)NC(=O)OCc1ccccc1. The molecule has 0 bridgehead atoms. The van der Waals surface area contributed by atoms with Crippen molar-refractivity contribution in [3.63, 3.8) is 0 Å². The third-order valence-corrected chi connectivity index (χ3v) is 6.86. The lowest BCUT2D eigenvalue weighted by atomic mass is 10.2. The van der Waals surface area contributed by atoms with Crippen molar-refractivity contribution in [1.82, 2.24) is 5.32 Å².